The second-order valence-corrected chi connectivity index (χ2v) is 3.71. The normalized spacial score (nSPS) is 26.6. The number of hydrogen-bond donors (Lipinski definition) is 1. The van der Waals surface area contributed by atoms with Crippen LogP contribution in [0.5, 0.6) is 0 Å². The molecule has 0 bridgehead atoms. The third-order valence-corrected chi connectivity index (χ3v) is 2.79. The van der Waals surface area contributed by atoms with Gasteiger partial charge < -0.3 is 5.11 Å². The van der Waals surface area contributed by atoms with E-state index in [1.54, 1.807) is 0 Å². The highest BCUT2D eigenvalue weighted by Gasteiger charge is 2.23. The van der Waals surface area contributed by atoms with Crippen LogP contribution < -0.4 is 0 Å². The van der Waals surface area contributed by atoms with E-state index < -0.39 is 0 Å². The van der Waals surface area contributed by atoms with E-state index in [-0.39, 0.29) is 12.6 Å². The summed E-state index contributed by atoms with van der Waals surface area (Å²) in [7, 11) is 0. The lowest BCUT2D eigenvalue weighted by atomic mass is 10.2. The van der Waals surface area contributed by atoms with Crippen LogP contribution in [-0.4, -0.2) is 35.7 Å². The lowest BCUT2D eigenvalue weighted by Gasteiger charge is -2.21. The molecule has 70 valence electrons. The number of hydrogen-bond acceptors (Lipinski definition) is 2. The summed E-state index contributed by atoms with van der Waals surface area (Å²) in [5.41, 5.74) is 1.38. The van der Waals surface area contributed by atoms with Crippen molar-refractivity contribution in [3.05, 3.63) is 10.6 Å². The Hall–Kier alpha value is 0.240. The zero-order valence-electron chi connectivity index (χ0n) is 6.84. The van der Waals surface area contributed by atoms with Gasteiger partial charge in [-0.25, -0.2) is 0 Å². The van der Waals surface area contributed by atoms with Gasteiger partial charge in [-0.05, 0) is 19.4 Å². The molecule has 0 unspecified atom stereocenters. The minimum absolute atomic E-state index is 0.215. The summed E-state index contributed by atoms with van der Waals surface area (Å²) in [5, 5.41) is 9.62. The van der Waals surface area contributed by atoms with E-state index in [2.05, 4.69) is 4.90 Å². The Morgan fingerprint density at radius 2 is 2.42 bits per heavy atom. The first-order valence-corrected chi connectivity index (χ1v) is 4.89. The average Bonchev–Trinajstić information content (AvgIpc) is 2.51. The first kappa shape index (κ1) is 10.3. The number of likely N-dealkylation sites (tertiary alicyclic amines) is 1. The molecule has 0 amide bonds. The molecule has 1 aliphatic rings. The van der Waals surface area contributed by atoms with Crippen LogP contribution in [0, 0.1) is 0 Å². The molecular formula is C8H13Cl2NO. The zero-order valence-corrected chi connectivity index (χ0v) is 8.35. The van der Waals surface area contributed by atoms with Crippen molar-refractivity contribution >= 4 is 23.2 Å². The van der Waals surface area contributed by atoms with E-state index in [1.807, 2.05) is 0 Å². The fourth-order valence-electron chi connectivity index (χ4n) is 1.54. The minimum Gasteiger partial charge on any atom is -0.395 e. The zero-order chi connectivity index (χ0) is 8.97. The molecule has 0 aromatic heterocycles. The number of nitrogens with zero attached hydrogens (tertiary/aromatic N) is 1. The van der Waals surface area contributed by atoms with E-state index >= 15 is 0 Å². The summed E-state index contributed by atoms with van der Waals surface area (Å²) >= 11 is 11.2. The van der Waals surface area contributed by atoms with Gasteiger partial charge in [0.15, 0.2) is 0 Å². The number of aliphatic hydroxyl groups excluding tert-OH is 1. The van der Waals surface area contributed by atoms with Gasteiger partial charge in [-0.1, -0.05) is 23.2 Å². The Kier molecular flexibility index (Phi) is 4.36. The minimum atomic E-state index is 0.215. The highest BCUT2D eigenvalue weighted by atomic mass is 35.5. The van der Waals surface area contributed by atoms with Gasteiger partial charge >= 0.3 is 0 Å². The summed E-state index contributed by atoms with van der Waals surface area (Å²) < 4.78 is 0. The molecule has 0 spiro atoms. The molecule has 0 saturated carbocycles. The van der Waals surface area contributed by atoms with Gasteiger partial charge in [-0.3, -0.25) is 4.90 Å². The third kappa shape index (κ3) is 2.63. The molecular weight excluding hydrogens is 197 g/mol. The molecule has 1 N–H and O–H groups in total. The lowest BCUT2D eigenvalue weighted by Crippen LogP contribution is -2.33. The van der Waals surface area contributed by atoms with Crippen molar-refractivity contribution in [1.29, 1.82) is 0 Å². The van der Waals surface area contributed by atoms with Crippen LogP contribution in [0.4, 0.5) is 0 Å². The van der Waals surface area contributed by atoms with Crippen LogP contribution >= 0.6 is 23.2 Å². The third-order valence-electron chi connectivity index (χ3n) is 2.18. The summed E-state index contributed by atoms with van der Waals surface area (Å²) in [6, 6.07) is 0.273. The molecule has 0 aromatic carbocycles. The van der Waals surface area contributed by atoms with Crippen LogP contribution in [0.25, 0.3) is 0 Å². The van der Waals surface area contributed by atoms with E-state index in [9.17, 15) is 0 Å². The molecule has 12 heavy (non-hydrogen) atoms. The molecule has 0 radical (unpaired) electrons. The molecule has 2 nitrogen and oxygen atoms in total. The van der Waals surface area contributed by atoms with Gasteiger partial charge in [0.25, 0.3) is 0 Å². The van der Waals surface area contributed by atoms with E-state index in [4.69, 9.17) is 28.3 Å². The maximum atomic E-state index is 8.98. The van der Waals surface area contributed by atoms with Crippen molar-refractivity contribution in [2.24, 2.45) is 0 Å². The first-order chi connectivity index (χ1) is 5.77. The van der Waals surface area contributed by atoms with Crippen LogP contribution in [-0.2, 0) is 0 Å². The highest BCUT2D eigenvalue weighted by Crippen LogP contribution is 2.19. The van der Waals surface area contributed by atoms with Crippen LogP contribution in [0.1, 0.15) is 12.8 Å². The summed E-state index contributed by atoms with van der Waals surface area (Å²) in [4.78, 5) is 2.15. The van der Waals surface area contributed by atoms with E-state index in [1.165, 1.54) is 5.54 Å². The number of rotatable bonds is 3. The molecule has 1 atom stereocenters. The van der Waals surface area contributed by atoms with Gasteiger partial charge in [0.05, 0.1) is 6.61 Å². The highest BCUT2D eigenvalue weighted by molar-refractivity contribution is 6.36. The fraction of sp³-hybridized carbons (Fsp3) is 0.750. The van der Waals surface area contributed by atoms with Crippen LogP contribution in [0.3, 0.4) is 0 Å². The van der Waals surface area contributed by atoms with Crippen molar-refractivity contribution in [2.45, 2.75) is 18.9 Å². The second kappa shape index (κ2) is 5.07. The Morgan fingerprint density at radius 3 is 3.00 bits per heavy atom. The van der Waals surface area contributed by atoms with Gasteiger partial charge in [0.1, 0.15) is 0 Å². The van der Waals surface area contributed by atoms with Crippen LogP contribution in [0.15, 0.2) is 10.6 Å². The molecule has 1 rings (SSSR count). The SMILES string of the molecule is OC[C@@H]1CCCN1C/C(Cl)=C/Cl. The quantitative estimate of drug-likeness (QED) is 0.767. The van der Waals surface area contributed by atoms with Gasteiger partial charge in [-0.15, -0.1) is 0 Å². The molecule has 1 fully saturated rings. The van der Waals surface area contributed by atoms with Crippen LogP contribution in [0.2, 0.25) is 0 Å². The van der Waals surface area contributed by atoms with Gasteiger partial charge in [0.2, 0.25) is 0 Å². The Balaban J connectivity index is 2.40. The molecule has 1 aliphatic heterocycles. The summed E-state index contributed by atoms with van der Waals surface area (Å²) in [6.07, 6.45) is 2.20. The van der Waals surface area contributed by atoms with Crippen molar-refractivity contribution in [2.75, 3.05) is 19.7 Å². The maximum absolute atomic E-state index is 8.98. The molecule has 1 saturated heterocycles. The summed E-state index contributed by atoms with van der Waals surface area (Å²) in [6.45, 7) is 1.88. The maximum Gasteiger partial charge on any atom is 0.0587 e. The standard InChI is InChI=1S/C8H13Cl2NO/c9-4-7(10)5-11-3-1-2-8(11)6-12/h4,8,12H,1-3,5-6H2/b7-4-/t8-/m0/s1. The number of aliphatic hydroxyl groups is 1. The predicted octanol–water partition coefficient (Wildman–Crippen LogP) is 1.76. The molecule has 1 heterocycles. The van der Waals surface area contributed by atoms with Crippen molar-refractivity contribution < 1.29 is 5.11 Å². The van der Waals surface area contributed by atoms with Crippen molar-refractivity contribution in [3.63, 3.8) is 0 Å². The fourth-order valence-corrected chi connectivity index (χ4v) is 1.76. The largest absolute Gasteiger partial charge is 0.395 e. The number of halogens is 2. The molecule has 0 aromatic rings. The smallest absolute Gasteiger partial charge is 0.0587 e. The Labute approximate surface area is 82.8 Å². The van der Waals surface area contributed by atoms with Crippen molar-refractivity contribution in [1.82, 2.24) is 4.90 Å². The van der Waals surface area contributed by atoms with E-state index in [0.717, 1.165) is 19.4 Å². The topological polar surface area (TPSA) is 23.5 Å². The summed E-state index contributed by atoms with van der Waals surface area (Å²) in [5.74, 6) is 0. The van der Waals surface area contributed by atoms with Crippen molar-refractivity contribution in [3.8, 4) is 0 Å². The molecule has 0 aliphatic carbocycles. The lowest BCUT2D eigenvalue weighted by molar-refractivity contribution is 0.169. The second-order valence-electron chi connectivity index (χ2n) is 3.01. The predicted molar refractivity (Wildman–Crippen MR) is 51.5 cm³/mol. The van der Waals surface area contributed by atoms with Gasteiger partial charge in [0, 0.05) is 23.2 Å². The van der Waals surface area contributed by atoms with Gasteiger partial charge in [-0.2, -0.15) is 0 Å². The monoisotopic (exact) mass is 209 g/mol. The Bertz CT molecular complexity index is 172. The average molecular weight is 210 g/mol. The van der Waals surface area contributed by atoms with E-state index in [0.29, 0.717) is 11.6 Å². The first-order valence-electron chi connectivity index (χ1n) is 4.07. The molecule has 4 heteroatoms. The Morgan fingerprint density at radius 1 is 1.67 bits per heavy atom.